The van der Waals surface area contributed by atoms with E-state index < -0.39 is 0 Å². The van der Waals surface area contributed by atoms with Crippen LogP contribution in [0.2, 0.25) is 0 Å². The van der Waals surface area contributed by atoms with Crippen molar-refractivity contribution in [2.24, 2.45) is 5.92 Å². The molecule has 0 aromatic heterocycles. The topological polar surface area (TPSA) is 45.0 Å². The summed E-state index contributed by atoms with van der Waals surface area (Å²) in [5.41, 5.74) is 1.76. The number of nitrogens with zero attached hydrogens (tertiary/aromatic N) is 1. The summed E-state index contributed by atoms with van der Waals surface area (Å²) in [6, 6.07) is 7.74. The molecule has 2 rings (SSSR count). The Morgan fingerprint density at radius 3 is 2.88 bits per heavy atom. The first-order chi connectivity index (χ1) is 8.29. The number of nitriles is 1. The van der Waals surface area contributed by atoms with Crippen LogP contribution in [0.15, 0.2) is 18.2 Å². The summed E-state index contributed by atoms with van der Waals surface area (Å²) >= 11 is 0. The first-order valence-electron chi connectivity index (χ1n) is 6.14. The molecular weight excluding hydrogens is 212 g/mol. The van der Waals surface area contributed by atoms with Crippen LogP contribution in [0.4, 0.5) is 0 Å². The zero-order valence-corrected chi connectivity index (χ0v) is 10.2. The monoisotopic (exact) mass is 230 g/mol. The fourth-order valence-corrected chi connectivity index (χ4v) is 2.08. The molecule has 0 unspecified atom stereocenters. The van der Waals surface area contributed by atoms with Gasteiger partial charge in [0.25, 0.3) is 0 Å². The number of hydrogen-bond donors (Lipinski definition) is 1. The Labute approximate surface area is 102 Å². The van der Waals surface area contributed by atoms with E-state index in [9.17, 15) is 0 Å². The fraction of sp³-hybridized carbons (Fsp3) is 0.500. The molecule has 0 aliphatic carbocycles. The molecule has 1 aliphatic heterocycles. The SMILES string of the molecule is Cc1ccc(C#N)cc1OCC1CCNCC1. The van der Waals surface area contributed by atoms with Crippen LogP contribution >= 0.6 is 0 Å². The lowest BCUT2D eigenvalue weighted by Gasteiger charge is -2.23. The molecule has 3 heteroatoms. The van der Waals surface area contributed by atoms with Crippen molar-refractivity contribution in [1.82, 2.24) is 5.32 Å². The Morgan fingerprint density at radius 1 is 1.41 bits per heavy atom. The molecule has 17 heavy (non-hydrogen) atoms. The van der Waals surface area contributed by atoms with Crippen LogP contribution in [0.25, 0.3) is 0 Å². The van der Waals surface area contributed by atoms with Gasteiger partial charge in [0.2, 0.25) is 0 Å². The molecule has 1 N–H and O–H groups in total. The van der Waals surface area contributed by atoms with Gasteiger partial charge in [-0.2, -0.15) is 5.26 Å². The minimum Gasteiger partial charge on any atom is -0.493 e. The maximum Gasteiger partial charge on any atom is 0.123 e. The molecule has 1 saturated heterocycles. The van der Waals surface area contributed by atoms with Crippen LogP contribution in [0, 0.1) is 24.2 Å². The summed E-state index contributed by atoms with van der Waals surface area (Å²) in [7, 11) is 0. The van der Waals surface area contributed by atoms with Gasteiger partial charge in [-0.05, 0) is 56.5 Å². The van der Waals surface area contributed by atoms with Crippen molar-refractivity contribution in [2.45, 2.75) is 19.8 Å². The molecule has 1 heterocycles. The highest BCUT2D eigenvalue weighted by Crippen LogP contribution is 2.21. The molecule has 90 valence electrons. The van der Waals surface area contributed by atoms with E-state index >= 15 is 0 Å². The van der Waals surface area contributed by atoms with Crippen LogP contribution in [0.5, 0.6) is 5.75 Å². The van der Waals surface area contributed by atoms with Crippen LogP contribution in [0.1, 0.15) is 24.0 Å². The maximum absolute atomic E-state index is 8.86. The Balaban J connectivity index is 1.95. The molecule has 0 amide bonds. The largest absolute Gasteiger partial charge is 0.493 e. The van der Waals surface area contributed by atoms with Gasteiger partial charge in [-0.15, -0.1) is 0 Å². The van der Waals surface area contributed by atoms with E-state index in [0.29, 0.717) is 11.5 Å². The van der Waals surface area contributed by atoms with Gasteiger partial charge in [0, 0.05) is 0 Å². The van der Waals surface area contributed by atoms with E-state index in [1.165, 1.54) is 12.8 Å². The Hall–Kier alpha value is -1.53. The third-order valence-electron chi connectivity index (χ3n) is 3.25. The molecule has 0 atom stereocenters. The molecule has 0 spiro atoms. The molecule has 3 nitrogen and oxygen atoms in total. The summed E-state index contributed by atoms with van der Waals surface area (Å²) in [5, 5.41) is 12.2. The average molecular weight is 230 g/mol. The van der Waals surface area contributed by atoms with Crippen molar-refractivity contribution < 1.29 is 4.74 Å². The van der Waals surface area contributed by atoms with E-state index in [2.05, 4.69) is 11.4 Å². The van der Waals surface area contributed by atoms with Crippen molar-refractivity contribution in [1.29, 1.82) is 5.26 Å². The van der Waals surface area contributed by atoms with Gasteiger partial charge in [-0.25, -0.2) is 0 Å². The van der Waals surface area contributed by atoms with Gasteiger partial charge < -0.3 is 10.1 Å². The van der Waals surface area contributed by atoms with Crippen LogP contribution in [-0.4, -0.2) is 19.7 Å². The second-order valence-corrected chi connectivity index (χ2v) is 4.60. The summed E-state index contributed by atoms with van der Waals surface area (Å²) in [5.74, 6) is 1.49. The molecule has 0 bridgehead atoms. The second-order valence-electron chi connectivity index (χ2n) is 4.60. The van der Waals surface area contributed by atoms with Crippen molar-refractivity contribution in [3.05, 3.63) is 29.3 Å². The quantitative estimate of drug-likeness (QED) is 0.866. The number of piperidine rings is 1. The lowest BCUT2D eigenvalue weighted by atomic mass is 9.99. The number of aryl methyl sites for hydroxylation is 1. The third kappa shape index (κ3) is 3.21. The lowest BCUT2D eigenvalue weighted by molar-refractivity contribution is 0.214. The summed E-state index contributed by atoms with van der Waals surface area (Å²) in [6.07, 6.45) is 2.36. The number of ether oxygens (including phenoxy) is 1. The standard InChI is InChI=1S/C14H18N2O/c1-11-2-3-13(9-15)8-14(11)17-10-12-4-6-16-7-5-12/h2-3,8,12,16H,4-7,10H2,1H3. The average Bonchev–Trinajstić information content (AvgIpc) is 2.39. The van der Waals surface area contributed by atoms with Crippen LogP contribution < -0.4 is 10.1 Å². The molecule has 1 fully saturated rings. The molecule has 0 radical (unpaired) electrons. The third-order valence-corrected chi connectivity index (χ3v) is 3.25. The van der Waals surface area contributed by atoms with Crippen molar-refractivity contribution in [3.8, 4) is 11.8 Å². The lowest BCUT2D eigenvalue weighted by Crippen LogP contribution is -2.30. The molecule has 1 aromatic carbocycles. The van der Waals surface area contributed by atoms with Crippen molar-refractivity contribution in [3.63, 3.8) is 0 Å². The van der Waals surface area contributed by atoms with Crippen LogP contribution in [0.3, 0.4) is 0 Å². The first kappa shape index (κ1) is 11.9. The number of benzene rings is 1. The molecule has 1 aliphatic rings. The zero-order valence-electron chi connectivity index (χ0n) is 10.2. The van der Waals surface area contributed by atoms with Crippen molar-refractivity contribution in [2.75, 3.05) is 19.7 Å². The van der Waals surface area contributed by atoms with Gasteiger partial charge in [0.1, 0.15) is 5.75 Å². The van der Waals surface area contributed by atoms with Gasteiger partial charge in [0.05, 0.1) is 18.2 Å². The maximum atomic E-state index is 8.86. The highest BCUT2D eigenvalue weighted by atomic mass is 16.5. The smallest absolute Gasteiger partial charge is 0.123 e. The van der Waals surface area contributed by atoms with Gasteiger partial charge in [-0.1, -0.05) is 6.07 Å². The van der Waals surface area contributed by atoms with E-state index in [0.717, 1.165) is 31.0 Å². The van der Waals surface area contributed by atoms with Crippen LogP contribution in [-0.2, 0) is 0 Å². The fourth-order valence-electron chi connectivity index (χ4n) is 2.08. The van der Waals surface area contributed by atoms with Gasteiger partial charge in [0.15, 0.2) is 0 Å². The molecule has 0 saturated carbocycles. The zero-order chi connectivity index (χ0) is 12.1. The second kappa shape index (κ2) is 5.70. The first-order valence-corrected chi connectivity index (χ1v) is 6.14. The summed E-state index contributed by atoms with van der Waals surface area (Å²) in [4.78, 5) is 0. The summed E-state index contributed by atoms with van der Waals surface area (Å²) < 4.78 is 5.84. The van der Waals surface area contributed by atoms with Gasteiger partial charge >= 0.3 is 0 Å². The Bertz CT molecular complexity index is 417. The normalized spacial score (nSPS) is 16.5. The number of nitrogens with one attached hydrogen (secondary N) is 1. The predicted octanol–water partition coefficient (Wildman–Crippen LogP) is 2.25. The highest BCUT2D eigenvalue weighted by molar-refractivity contribution is 5.41. The molecule has 1 aromatic rings. The van der Waals surface area contributed by atoms with E-state index in [-0.39, 0.29) is 0 Å². The number of rotatable bonds is 3. The van der Waals surface area contributed by atoms with E-state index in [1.807, 2.05) is 25.1 Å². The van der Waals surface area contributed by atoms with Gasteiger partial charge in [-0.3, -0.25) is 0 Å². The minimum atomic E-state index is 0.640. The minimum absolute atomic E-state index is 0.640. The highest BCUT2D eigenvalue weighted by Gasteiger charge is 2.14. The Morgan fingerprint density at radius 2 is 2.18 bits per heavy atom. The van der Waals surface area contributed by atoms with Crippen molar-refractivity contribution >= 4 is 0 Å². The molecular formula is C14H18N2O. The number of hydrogen-bond acceptors (Lipinski definition) is 3. The predicted molar refractivity (Wildman–Crippen MR) is 67.0 cm³/mol. The van der Waals surface area contributed by atoms with E-state index in [1.54, 1.807) is 0 Å². The van der Waals surface area contributed by atoms with E-state index in [4.69, 9.17) is 10.00 Å². The summed E-state index contributed by atoms with van der Waals surface area (Å²) in [6.45, 7) is 4.95. The Kier molecular flexibility index (Phi) is 4.00.